The number of fused-ring (bicyclic) bond motifs is 1. The molecule has 0 saturated carbocycles. The fourth-order valence-electron chi connectivity index (χ4n) is 2.59. The molecule has 1 atom stereocenters. The molecule has 0 aliphatic heterocycles. The van der Waals surface area contributed by atoms with Crippen LogP contribution in [0.25, 0.3) is 0 Å². The smallest absolute Gasteiger partial charge is 0.00292 e. The number of rotatable bonds is 2. The Hall–Kier alpha value is -1.56. The first-order chi connectivity index (χ1) is 8.11. The van der Waals surface area contributed by atoms with E-state index in [0.29, 0.717) is 5.92 Å². The van der Waals surface area contributed by atoms with Gasteiger partial charge >= 0.3 is 0 Å². The van der Waals surface area contributed by atoms with Crippen molar-refractivity contribution in [3.8, 4) is 0 Å². The summed E-state index contributed by atoms with van der Waals surface area (Å²) in [6, 6.07) is 6.81. The van der Waals surface area contributed by atoms with E-state index in [1.54, 1.807) is 0 Å². The predicted molar refractivity (Wildman–Crippen MR) is 75.3 cm³/mol. The Morgan fingerprint density at radius 1 is 1.41 bits per heavy atom. The average Bonchev–Trinajstić information content (AvgIpc) is 2.55. The summed E-state index contributed by atoms with van der Waals surface area (Å²) >= 11 is 0. The van der Waals surface area contributed by atoms with Crippen LogP contribution < -0.4 is 0 Å². The molecule has 2 rings (SSSR count). The van der Waals surface area contributed by atoms with E-state index in [1.165, 1.54) is 27.8 Å². The van der Waals surface area contributed by atoms with Crippen molar-refractivity contribution >= 4 is 0 Å². The van der Waals surface area contributed by atoms with Crippen LogP contribution in [0.15, 0.2) is 54.2 Å². The van der Waals surface area contributed by atoms with Crippen LogP contribution in [-0.4, -0.2) is 0 Å². The molecule has 0 aromatic heterocycles. The van der Waals surface area contributed by atoms with E-state index in [2.05, 4.69) is 57.7 Å². The molecule has 0 radical (unpaired) electrons. The first-order valence-electron chi connectivity index (χ1n) is 6.21. The zero-order valence-electron chi connectivity index (χ0n) is 11.0. The zero-order chi connectivity index (χ0) is 12.4. The van der Waals surface area contributed by atoms with Gasteiger partial charge < -0.3 is 0 Å². The highest BCUT2D eigenvalue weighted by Crippen LogP contribution is 2.37. The van der Waals surface area contributed by atoms with Crippen molar-refractivity contribution in [3.05, 3.63) is 70.8 Å². The van der Waals surface area contributed by atoms with E-state index < -0.39 is 0 Å². The number of aryl methyl sites for hydroxylation is 1. The van der Waals surface area contributed by atoms with E-state index in [1.807, 2.05) is 6.08 Å². The second-order valence-corrected chi connectivity index (χ2v) is 4.97. The Morgan fingerprint density at radius 2 is 2.18 bits per heavy atom. The van der Waals surface area contributed by atoms with Gasteiger partial charge in [0.1, 0.15) is 0 Å². The lowest BCUT2D eigenvalue weighted by Gasteiger charge is -2.07. The summed E-state index contributed by atoms with van der Waals surface area (Å²) < 4.78 is 0. The van der Waals surface area contributed by atoms with Crippen molar-refractivity contribution < 1.29 is 0 Å². The van der Waals surface area contributed by atoms with Gasteiger partial charge in [0.15, 0.2) is 0 Å². The molecule has 1 aliphatic carbocycles. The second-order valence-electron chi connectivity index (χ2n) is 4.97. The van der Waals surface area contributed by atoms with Gasteiger partial charge in [-0.25, -0.2) is 0 Å². The third-order valence-electron chi connectivity index (χ3n) is 3.51. The van der Waals surface area contributed by atoms with E-state index in [9.17, 15) is 0 Å². The lowest BCUT2D eigenvalue weighted by molar-refractivity contribution is 0.923. The van der Waals surface area contributed by atoms with E-state index in [4.69, 9.17) is 0 Å². The molecule has 88 valence electrons. The Balaban J connectivity index is 2.34. The van der Waals surface area contributed by atoms with Crippen molar-refractivity contribution in [1.29, 1.82) is 0 Å². The second kappa shape index (κ2) is 4.75. The molecule has 1 unspecified atom stereocenters. The van der Waals surface area contributed by atoms with Crippen molar-refractivity contribution in [2.45, 2.75) is 33.1 Å². The van der Waals surface area contributed by atoms with Crippen LogP contribution in [0.3, 0.4) is 0 Å². The Morgan fingerprint density at radius 3 is 2.88 bits per heavy atom. The third-order valence-corrected chi connectivity index (χ3v) is 3.51. The molecule has 0 amide bonds. The summed E-state index contributed by atoms with van der Waals surface area (Å²) in [5, 5.41) is 0. The minimum Gasteiger partial charge on any atom is -0.0991 e. The molecular formula is C17H20. The largest absolute Gasteiger partial charge is 0.0991 e. The third kappa shape index (κ3) is 2.41. The highest BCUT2D eigenvalue weighted by molar-refractivity contribution is 5.48. The topological polar surface area (TPSA) is 0 Å². The summed E-state index contributed by atoms with van der Waals surface area (Å²) in [4.78, 5) is 0. The molecule has 17 heavy (non-hydrogen) atoms. The van der Waals surface area contributed by atoms with Gasteiger partial charge in [-0.3, -0.25) is 0 Å². The fraction of sp³-hybridized carbons (Fsp3) is 0.294. The molecule has 0 N–H and O–H groups in total. The summed E-state index contributed by atoms with van der Waals surface area (Å²) in [5.74, 6) is 0.554. The van der Waals surface area contributed by atoms with Gasteiger partial charge in [0, 0.05) is 5.92 Å². The lowest BCUT2D eigenvalue weighted by Crippen LogP contribution is -1.90. The maximum atomic E-state index is 3.74. The van der Waals surface area contributed by atoms with Crippen LogP contribution in [0.2, 0.25) is 0 Å². The first kappa shape index (κ1) is 11.9. The monoisotopic (exact) mass is 224 g/mol. The Labute approximate surface area is 104 Å². The fourth-order valence-corrected chi connectivity index (χ4v) is 2.59. The molecule has 0 bridgehead atoms. The minimum absolute atomic E-state index is 0.554. The predicted octanol–water partition coefficient (Wildman–Crippen LogP) is 4.71. The summed E-state index contributed by atoms with van der Waals surface area (Å²) in [6.07, 6.45) is 7.32. The summed E-state index contributed by atoms with van der Waals surface area (Å²) in [6.45, 7) is 10.3. The highest BCUT2D eigenvalue weighted by atomic mass is 14.3. The van der Waals surface area contributed by atoms with E-state index in [0.717, 1.165) is 6.42 Å². The van der Waals surface area contributed by atoms with Crippen LogP contribution >= 0.6 is 0 Å². The molecule has 0 heterocycles. The lowest BCUT2D eigenvalue weighted by atomic mass is 9.98. The van der Waals surface area contributed by atoms with Gasteiger partial charge in [0.05, 0.1) is 0 Å². The molecule has 0 saturated heterocycles. The van der Waals surface area contributed by atoms with Gasteiger partial charge in [-0.15, -0.1) is 0 Å². The van der Waals surface area contributed by atoms with Crippen LogP contribution in [0, 0.1) is 6.92 Å². The van der Waals surface area contributed by atoms with Crippen LogP contribution in [0.5, 0.6) is 0 Å². The van der Waals surface area contributed by atoms with Gasteiger partial charge in [-0.1, -0.05) is 66.6 Å². The molecule has 0 spiro atoms. The van der Waals surface area contributed by atoms with E-state index in [-0.39, 0.29) is 0 Å². The van der Waals surface area contributed by atoms with E-state index >= 15 is 0 Å². The highest BCUT2D eigenvalue weighted by Gasteiger charge is 2.22. The minimum atomic E-state index is 0.554. The zero-order valence-corrected chi connectivity index (χ0v) is 11.0. The van der Waals surface area contributed by atoms with Crippen molar-refractivity contribution in [2.24, 2.45) is 0 Å². The molecule has 0 nitrogen and oxygen atoms in total. The number of allylic oxidation sites excluding steroid dienone is 5. The Kier molecular flexibility index (Phi) is 3.33. The van der Waals surface area contributed by atoms with Crippen molar-refractivity contribution in [3.63, 3.8) is 0 Å². The van der Waals surface area contributed by atoms with Crippen LogP contribution in [0.1, 0.15) is 36.5 Å². The first-order valence-corrected chi connectivity index (χ1v) is 6.21. The van der Waals surface area contributed by atoms with Gasteiger partial charge in [0.25, 0.3) is 0 Å². The van der Waals surface area contributed by atoms with Gasteiger partial charge in [-0.2, -0.15) is 0 Å². The van der Waals surface area contributed by atoms with Crippen molar-refractivity contribution in [1.82, 2.24) is 0 Å². The summed E-state index contributed by atoms with van der Waals surface area (Å²) in [7, 11) is 0. The maximum Gasteiger partial charge on any atom is 0.00292 e. The average molecular weight is 224 g/mol. The SMILES string of the molecule is C=C/C=C(C)\C=C1\Cc2cc(C)ccc2C1C. The summed E-state index contributed by atoms with van der Waals surface area (Å²) in [5.41, 5.74) is 7.14. The normalized spacial score (nSPS) is 21.7. The number of hydrogen-bond acceptors (Lipinski definition) is 0. The van der Waals surface area contributed by atoms with Gasteiger partial charge in [-0.05, 0) is 31.4 Å². The van der Waals surface area contributed by atoms with Crippen LogP contribution in [-0.2, 0) is 6.42 Å². The molecule has 1 aliphatic rings. The number of hydrogen-bond donors (Lipinski definition) is 0. The maximum absolute atomic E-state index is 3.74. The number of benzene rings is 1. The quantitative estimate of drug-likeness (QED) is 0.638. The van der Waals surface area contributed by atoms with Gasteiger partial charge in [0.2, 0.25) is 0 Å². The molecule has 1 aromatic carbocycles. The molecule has 1 aromatic rings. The Bertz CT molecular complexity index is 501. The molecule has 0 fully saturated rings. The molecule has 0 heteroatoms. The standard InChI is InChI=1S/C17H20/c1-5-6-12(2)9-15-11-16-10-13(3)7-8-17(16)14(15)4/h5-10,14H,1,11H2,2-4H3/b12-6-,15-9-. The van der Waals surface area contributed by atoms with Crippen LogP contribution in [0.4, 0.5) is 0 Å². The molecular weight excluding hydrogens is 204 g/mol. The van der Waals surface area contributed by atoms with Crippen molar-refractivity contribution in [2.75, 3.05) is 0 Å².